The zero-order valence-electron chi connectivity index (χ0n) is 16.4. The van der Waals surface area contributed by atoms with Gasteiger partial charge < -0.3 is 24.3 Å². The molecular formula is C22H23NO6. The van der Waals surface area contributed by atoms with Crippen LogP contribution in [-0.2, 0) is 14.3 Å². The standard InChI is InChI=1S/C22H23NO6/c1-3-26-17-9-10-20(27-4-2)18(12-17)23-21(24)14-29-22(25)16-11-15-7-5-6-8-19(15)28-13-16/h5-12H,3-4,13-14H2,1-2H3,(H,23,24). The molecule has 0 aromatic heterocycles. The highest BCUT2D eigenvalue weighted by atomic mass is 16.5. The van der Waals surface area contributed by atoms with Crippen LogP contribution in [0, 0.1) is 0 Å². The Kier molecular flexibility index (Phi) is 6.73. The number of esters is 1. The normalized spacial score (nSPS) is 12.1. The molecule has 0 saturated carbocycles. The summed E-state index contributed by atoms with van der Waals surface area (Å²) in [4.78, 5) is 24.6. The molecule has 152 valence electrons. The quantitative estimate of drug-likeness (QED) is 0.687. The Morgan fingerprint density at radius 2 is 1.86 bits per heavy atom. The number of carbonyl (C=O) groups is 2. The van der Waals surface area contributed by atoms with Gasteiger partial charge in [0, 0.05) is 11.6 Å². The first-order valence-corrected chi connectivity index (χ1v) is 9.39. The number of anilines is 1. The van der Waals surface area contributed by atoms with Crippen LogP contribution >= 0.6 is 0 Å². The summed E-state index contributed by atoms with van der Waals surface area (Å²) in [5, 5.41) is 2.70. The van der Waals surface area contributed by atoms with E-state index in [1.165, 1.54) is 0 Å². The number of hydrogen-bond acceptors (Lipinski definition) is 6. The van der Waals surface area contributed by atoms with Crippen LogP contribution in [0.4, 0.5) is 5.69 Å². The third-order valence-corrected chi connectivity index (χ3v) is 4.06. The van der Waals surface area contributed by atoms with E-state index in [-0.39, 0.29) is 6.61 Å². The molecule has 0 saturated heterocycles. The van der Waals surface area contributed by atoms with Gasteiger partial charge in [0.2, 0.25) is 0 Å². The van der Waals surface area contributed by atoms with Gasteiger partial charge in [0.05, 0.1) is 24.5 Å². The van der Waals surface area contributed by atoms with Crippen LogP contribution in [0.3, 0.4) is 0 Å². The van der Waals surface area contributed by atoms with E-state index in [1.54, 1.807) is 24.3 Å². The fraction of sp³-hybridized carbons (Fsp3) is 0.273. The molecule has 1 aliphatic heterocycles. The van der Waals surface area contributed by atoms with Crippen LogP contribution in [0.25, 0.3) is 6.08 Å². The lowest BCUT2D eigenvalue weighted by Gasteiger charge is -2.17. The summed E-state index contributed by atoms with van der Waals surface area (Å²) >= 11 is 0. The summed E-state index contributed by atoms with van der Waals surface area (Å²) in [6, 6.07) is 12.5. The number of hydrogen-bond donors (Lipinski definition) is 1. The van der Waals surface area contributed by atoms with Gasteiger partial charge in [-0.3, -0.25) is 4.79 Å². The largest absolute Gasteiger partial charge is 0.494 e. The van der Waals surface area contributed by atoms with Crippen LogP contribution < -0.4 is 19.5 Å². The maximum Gasteiger partial charge on any atom is 0.338 e. The average molecular weight is 397 g/mol. The molecule has 1 heterocycles. The molecule has 0 atom stereocenters. The van der Waals surface area contributed by atoms with E-state index in [0.717, 1.165) is 5.56 Å². The molecule has 0 unspecified atom stereocenters. The number of ether oxygens (including phenoxy) is 4. The van der Waals surface area contributed by atoms with Crippen molar-refractivity contribution < 1.29 is 28.5 Å². The Balaban J connectivity index is 1.61. The van der Waals surface area contributed by atoms with Gasteiger partial charge in [-0.2, -0.15) is 0 Å². The van der Waals surface area contributed by atoms with E-state index >= 15 is 0 Å². The van der Waals surface area contributed by atoms with Crippen molar-refractivity contribution in [3.63, 3.8) is 0 Å². The van der Waals surface area contributed by atoms with Crippen LogP contribution in [-0.4, -0.2) is 38.3 Å². The topological polar surface area (TPSA) is 83.1 Å². The summed E-state index contributed by atoms with van der Waals surface area (Å²) in [7, 11) is 0. The van der Waals surface area contributed by atoms with E-state index < -0.39 is 18.5 Å². The lowest BCUT2D eigenvalue weighted by Crippen LogP contribution is -2.24. The molecule has 2 aromatic carbocycles. The second kappa shape index (κ2) is 9.64. The number of benzene rings is 2. The summed E-state index contributed by atoms with van der Waals surface area (Å²) < 4.78 is 21.7. The molecule has 0 aliphatic carbocycles. The lowest BCUT2D eigenvalue weighted by atomic mass is 10.1. The minimum Gasteiger partial charge on any atom is -0.494 e. The first-order chi connectivity index (χ1) is 14.1. The van der Waals surface area contributed by atoms with Crippen molar-refractivity contribution in [3.8, 4) is 17.2 Å². The molecule has 1 N–H and O–H groups in total. The minimum atomic E-state index is -0.595. The molecular weight excluding hydrogens is 374 g/mol. The molecule has 7 nitrogen and oxygen atoms in total. The van der Waals surface area contributed by atoms with Crippen molar-refractivity contribution in [1.82, 2.24) is 0 Å². The number of fused-ring (bicyclic) bond motifs is 1. The van der Waals surface area contributed by atoms with Crippen molar-refractivity contribution in [2.45, 2.75) is 13.8 Å². The molecule has 1 aliphatic rings. The molecule has 3 rings (SSSR count). The van der Waals surface area contributed by atoms with E-state index in [2.05, 4.69) is 5.32 Å². The zero-order valence-corrected chi connectivity index (χ0v) is 16.4. The van der Waals surface area contributed by atoms with Crippen molar-refractivity contribution in [1.29, 1.82) is 0 Å². The van der Waals surface area contributed by atoms with Gasteiger partial charge in [0.25, 0.3) is 5.91 Å². The molecule has 1 amide bonds. The van der Waals surface area contributed by atoms with E-state index in [9.17, 15) is 9.59 Å². The van der Waals surface area contributed by atoms with Gasteiger partial charge in [-0.1, -0.05) is 18.2 Å². The third-order valence-electron chi connectivity index (χ3n) is 4.06. The number of para-hydroxylation sites is 1. The maximum atomic E-state index is 12.3. The predicted octanol–water partition coefficient (Wildman–Crippen LogP) is 3.44. The first-order valence-electron chi connectivity index (χ1n) is 9.39. The summed E-state index contributed by atoms with van der Waals surface area (Å²) in [5.74, 6) is 0.745. The van der Waals surface area contributed by atoms with Gasteiger partial charge in [0.15, 0.2) is 6.61 Å². The third kappa shape index (κ3) is 5.28. The fourth-order valence-corrected chi connectivity index (χ4v) is 2.79. The van der Waals surface area contributed by atoms with Crippen LogP contribution in [0.1, 0.15) is 19.4 Å². The zero-order chi connectivity index (χ0) is 20.6. The number of carbonyl (C=O) groups excluding carboxylic acids is 2. The van der Waals surface area contributed by atoms with Gasteiger partial charge in [-0.25, -0.2) is 4.79 Å². The van der Waals surface area contributed by atoms with Crippen molar-refractivity contribution in [3.05, 3.63) is 53.6 Å². The average Bonchev–Trinajstić information content (AvgIpc) is 2.74. The summed E-state index contributed by atoms with van der Waals surface area (Å²) in [5.41, 5.74) is 1.60. The van der Waals surface area contributed by atoms with Crippen LogP contribution in [0.5, 0.6) is 17.2 Å². The predicted molar refractivity (Wildman–Crippen MR) is 108 cm³/mol. The monoisotopic (exact) mass is 397 g/mol. The Hall–Kier alpha value is -3.48. The molecule has 0 bridgehead atoms. The molecule has 0 fully saturated rings. The maximum absolute atomic E-state index is 12.3. The van der Waals surface area contributed by atoms with Crippen LogP contribution in [0.15, 0.2) is 48.0 Å². The molecule has 7 heteroatoms. The van der Waals surface area contributed by atoms with Gasteiger partial charge in [-0.05, 0) is 38.1 Å². The Labute approximate surface area is 169 Å². The number of amides is 1. The highest BCUT2D eigenvalue weighted by Crippen LogP contribution is 2.29. The molecule has 0 radical (unpaired) electrons. The van der Waals surface area contributed by atoms with Crippen molar-refractivity contribution in [2.24, 2.45) is 0 Å². The van der Waals surface area contributed by atoms with E-state index in [0.29, 0.717) is 41.7 Å². The van der Waals surface area contributed by atoms with Crippen molar-refractivity contribution >= 4 is 23.6 Å². The second-order valence-electron chi connectivity index (χ2n) is 6.14. The highest BCUT2D eigenvalue weighted by molar-refractivity contribution is 5.98. The van der Waals surface area contributed by atoms with Gasteiger partial charge >= 0.3 is 5.97 Å². The molecule has 29 heavy (non-hydrogen) atoms. The Morgan fingerprint density at radius 3 is 2.66 bits per heavy atom. The first kappa shape index (κ1) is 20.3. The number of nitrogens with one attached hydrogen (secondary N) is 1. The van der Waals surface area contributed by atoms with Gasteiger partial charge in [-0.15, -0.1) is 0 Å². The van der Waals surface area contributed by atoms with Crippen molar-refractivity contribution in [2.75, 3.05) is 31.7 Å². The van der Waals surface area contributed by atoms with E-state index in [4.69, 9.17) is 18.9 Å². The molecule has 2 aromatic rings. The Morgan fingerprint density at radius 1 is 1.07 bits per heavy atom. The number of rotatable bonds is 8. The Bertz CT molecular complexity index is 921. The SMILES string of the molecule is CCOc1ccc(OCC)c(NC(=O)COC(=O)C2=Cc3ccccc3OC2)c1. The van der Waals surface area contributed by atoms with Gasteiger partial charge in [0.1, 0.15) is 23.9 Å². The van der Waals surface area contributed by atoms with Crippen LogP contribution in [0.2, 0.25) is 0 Å². The summed E-state index contributed by atoms with van der Waals surface area (Å²) in [6.07, 6.45) is 1.71. The second-order valence-corrected chi connectivity index (χ2v) is 6.14. The lowest BCUT2D eigenvalue weighted by molar-refractivity contribution is -0.143. The fourth-order valence-electron chi connectivity index (χ4n) is 2.79. The van der Waals surface area contributed by atoms with E-state index in [1.807, 2.05) is 38.1 Å². The highest BCUT2D eigenvalue weighted by Gasteiger charge is 2.19. The summed E-state index contributed by atoms with van der Waals surface area (Å²) in [6.45, 7) is 4.34. The molecule has 0 spiro atoms. The smallest absolute Gasteiger partial charge is 0.338 e. The minimum absolute atomic E-state index is 0.0996.